The molecule has 0 N–H and O–H groups in total. The van der Waals surface area contributed by atoms with Crippen LogP contribution in [0.3, 0.4) is 0 Å². The predicted octanol–water partition coefficient (Wildman–Crippen LogP) is 2.54. The summed E-state index contributed by atoms with van der Waals surface area (Å²) in [5.41, 5.74) is 0. The zero-order valence-electron chi connectivity index (χ0n) is 13.7. The molecule has 8 heteroatoms. The lowest BCUT2D eigenvalue weighted by atomic mass is 10.3. The van der Waals surface area contributed by atoms with E-state index >= 15 is 0 Å². The summed E-state index contributed by atoms with van der Waals surface area (Å²) in [5.74, 6) is 2.38. The molecule has 24 heavy (non-hydrogen) atoms. The zero-order chi connectivity index (χ0) is 16.5. The lowest BCUT2D eigenvalue weighted by Gasteiger charge is -2.24. The standard InChI is InChI=1S/C16H19N5O2S/c1-3-20(4-2)9-14-17-18-16-21(14)19-15(24-16)13-10-22-11-7-5-6-8-12(11)23-13/h5-8,13H,3-4,9-10H2,1-2H3/t13-/m1/s1. The second kappa shape index (κ2) is 6.37. The van der Waals surface area contributed by atoms with E-state index in [1.807, 2.05) is 28.8 Å². The normalized spacial score (nSPS) is 16.9. The van der Waals surface area contributed by atoms with E-state index in [0.29, 0.717) is 6.61 Å². The van der Waals surface area contributed by atoms with E-state index in [2.05, 4.69) is 34.0 Å². The summed E-state index contributed by atoms with van der Waals surface area (Å²) in [5, 5.41) is 14.0. The Morgan fingerprint density at radius 3 is 2.79 bits per heavy atom. The molecular formula is C16H19N5O2S. The van der Waals surface area contributed by atoms with Gasteiger partial charge >= 0.3 is 0 Å². The van der Waals surface area contributed by atoms with E-state index in [1.54, 1.807) is 0 Å². The van der Waals surface area contributed by atoms with Crippen LogP contribution in [0.15, 0.2) is 24.3 Å². The molecule has 3 aromatic rings. The third kappa shape index (κ3) is 2.71. The molecule has 0 aliphatic carbocycles. The third-order valence-electron chi connectivity index (χ3n) is 4.11. The molecule has 2 aromatic heterocycles. The second-order valence-corrected chi connectivity index (χ2v) is 6.56. The van der Waals surface area contributed by atoms with Crippen molar-refractivity contribution >= 4 is 16.3 Å². The molecule has 4 rings (SSSR count). The quantitative estimate of drug-likeness (QED) is 0.708. The van der Waals surface area contributed by atoms with Crippen LogP contribution in [0.25, 0.3) is 4.96 Å². The van der Waals surface area contributed by atoms with Crippen LogP contribution in [0.2, 0.25) is 0 Å². The van der Waals surface area contributed by atoms with Crippen LogP contribution in [-0.2, 0) is 6.54 Å². The summed E-state index contributed by atoms with van der Waals surface area (Å²) in [6.07, 6.45) is -0.215. The highest BCUT2D eigenvalue weighted by Crippen LogP contribution is 2.36. The largest absolute Gasteiger partial charge is 0.485 e. The van der Waals surface area contributed by atoms with E-state index in [0.717, 1.165) is 46.9 Å². The van der Waals surface area contributed by atoms with Gasteiger partial charge in [-0.05, 0) is 25.2 Å². The fourth-order valence-electron chi connectivity index (χ4n) is 2.69. The Kier molecular flexibility index (Phi) is 4.07. The van der Waals surface area contributed by atoms with Crippen molar-refractivity contribution in [1.82, 2.24) is 24.7 Å². The van der Waals surface area contributed by atoms with Crippen molar-refractivity contribution < 1.29 is 9.47 Å². The predicted molar refractivity (Wildman–Crippen MR) is 90.6 cm³/mol. The third-order valence-corrected chi connectivity index (χ3v) is 5.11. The Hall–Kier alpha value is -2.19. The first-order chi connectivity index (χ1) is 11.8. The molecule has 126 valence electrons. The van der Waals surface area contributed by atoms with Crippen molar-refractivity contribution in [3.63, 3.8) is 0 Å². The van der Waals surface area contributed by atoms with Crippen molar-refractivity contribution in [3.8, 4) is 11.5 Å². The van der Waals surface area contributed by atoms with Gasteiger partial charge in [-0.2, -0.15) is 9.61 Å². The minimum absolute atomic E-state index is 0.215. The van der Waals surface area contributed by atoms with Crippen LogP contribution < -0.4 is 9.47 Å². The maximum atomic E-state index is 6.03. The topological polar surface area (TPSA) is 64.8 Å². The Balaban J connectivity index is 1.59. The molecule has 1 aromatic carbocycles. The molecule has 1 atom stereocenters. The molecule has 0 fully saturated rings. The summed E-state index contributed by atoms with van der Waals surface area (Å²) in [6.45, 7) is 7.41. The smallest absolute Gasteiger partial charge is 0.234 e. The number of para-hydroxylation sites is 2. The molecule has 1 aliphatic heterocycles. The highest BCUT2D eigenvalue weighted by molar-refractivity contribution is 7.16. The summed E-state index contributed by atoms with van der Waals surface area (Å²) < 4.78 is 13.6. The minimum Gasteiger partial charge on any atom is -0.485 e. The number of benzene rings is 1. The highest BCUT2D eigenvalue weighted by atomic mass is 32.1. The molecule has 0 saturated heterocycles. The summed E-state index contributed by atoms with van der Waals surface area (Å²) in [7, 11) is 0. The molecule has 0 saturated carbocycles. The molecule has 0 bridgehead atoms. The first kappa shape index (κ1) is 15.3. The molecule has 7 nitrogen and oxygen atoms in total. The number of hydrogen-bond donors (Lipinski definition) is 0. The van der Waals surface area contributed by atoms with Gasteiger partial charge in [0, 0.05) is 0 Å². The fourth-order valence-corrected chi connectivity index (χ4v) is 3.56. The number of hydrogen-bond acceptors (Lipinski definition) is 7. The van der Waals surface area contributed by atoms with E-state index in [9.17, 15) is 0 Å². The van der Waals surface area contributed by atoms with Gasteiger partial charge in [0.05, 0.1) is 6.54 Å². The zero-order valence-corrected chi connectivity index (χ0v) is 14.5. The van der Waals surface area contributed by atoms with Gasteiger partial charge in [-0.1, -0.05) is 37.3 Å². The Bertz CT molecular complexity index is 842. The maximum Gasteiger partial charge on any atom is 0.234 e. The SMILES string of the molecule is CCN(CC)Cc1nnc2sc([C@H]3COc4ccccc4O3)nn12. The highest BCUT2D eigenvalue weighted by Gasteiger charge is 2.26. The summed E-state index contributed by atoms with van der Waals surface area (Å²) in [6, 6.07) is 7.69. The van der Waals surface area contributed by atoms with Gasteiger partial charge in [-0.15, -0.1) is 10.2 Å². The molecule has 0 radical (unpaired) electrons. The number of aromatic nitrogens is 4. The Morgan fingerprint density at radius 1 is 1.21 bits per heavy atom. The Labute approximate surface area is 143 Å². The van der Waals surface area contributed by atoms with Crippen LogP contribution in [0.4, 0.5) is 0 Å². The van der Waals surface area contributed by atoms with Gasteiger partial charge in [0.25, 0.3) is 0 Å². The van der Waals surface area contributed by atoms with E-state index < -0.39 is 0 Å². The lowest BCUT2D eigenvalue weighted by Crippen LogP contribution is -2.24. The van der Waals surface area contributed by atoms with Crippen LogP contribution in [0, 0.1) is 0 Å². The van der Waals surface area contributed by atoms with Crippen molar-refractivity contribution in [2.45, 2.75) is 26.5 Å². The first-order valence-electron chi connectivity index (χ1n) is 8.10. The second-order valence-electron chi connectivity index (χ2n) is 5.58. The van der Waals surface area contributed by atoms with Gasteiger partial charge in [0.2, 0.25) is 4.96 Å². The van der Waals surface area contributed by atoms with E-state index in [1.165, 1.54) is 11.3 Å². The van der Waals surface area contributed by atoms with Gasteiger partial charge in [0.15, 0.2) is 28.4 Å². The fraction of sp³-hybridized carbons (Fsp3) is 0.438. The minimum atomic E-state index is -0.215. The molecule has 0 spiro atoms. The molecule has 0 amide bonds. The number of fused-ring (bicyclic) bond motifs is 2. The van der Waals surface area contributed by atoms with Crippen molar-refractivity contribution in [1.29, 1.82) is 0 Å². The molecular weight excluding hydrogens is 326 g/mol. The average Bonchev–Trinajstić information content (AvgIpc) is 3.20. The van der Waals surface area contributed by atoms with Gasteiger partial charge < -0.3 is 9.47 Å². The average molecular weight is 345 g/mol. The number of ether oxygens (including phenoxy) is 2. The summed E-state index contributed by atoms with van der Waals surface area (Å²) >= 11 is 1.50. The van der Waals surface area contributed by atoms with E-state index in [-0.39, 0.29) is 6.10 Å². The summed E-state index contributed by atoms with van der Waals surface area (Å²) in [4.78, 5) is 3.07. The molecule has 3 heterocycles. The van der Waals surface area contributed by atoms with Crippen LogP contribution >= 0.6 is 11.3 Å². The number of nitrogens with zero attached hydrogens (tertiary/aromatic N) is 5. The van der Waals surface area contributed by atoms with Crippen LogP contribution in [0.5, 0.6) is 11.5 Å². The molecule has 0 unspecified atom stereocenters. The van der Waals surface area contributed by atoms with E-state index in [4.69, 9.17) is 9.47 Å². The monoisotopic (exact) mass is 345 g/mol. The van der Waals surface area contributed by atoms with Crippen molar-refractivity contribution in [2.24, 2.45) is 0 Å². The Morgan fingerprint density at radius 2 is 2.00 bits per heavy atom. The van der Waals surface area contributed by atoms with Crippen LogP contribution in [0.1, 0.15) is 30.8 Å². The van der Waals surface area contributed by atoms with Crippen molar-refractivity contribution in [3.05, 3.63) is 35.1 Å². The first-order valence-corrected chi connectivity index (χ1v) is 8.92. The number of rotatable bonds is 5. The van der Waals surface area contributed by atoms with Crippen LogP contribution in [-0.4, -0.2) is 44.4 Å². The van der Waals surface area contributed by atoms with Gasteiger partial charge in [-0.25, -0.2) is 0 Å². The van der Waals surface area contributed by atoms with Gasteiger partial charge in [0.1, 0.15) is 6.61 Å². The maximum absolute atomic E-state index is 6.03. The lowest BCUT2D eigenvalue weighted by molar-refractivity contribution is 0.0904. The molecule has 1 aliphatic rings. The van der Waals surface area contributed by atoms with Gasteiger partial charge in [-0.3, -0.25) is 4.90 Å². The van der Waals surface area contributed by atoms with Crippen molar-refractivity contribution in [2.75, 3.05) is 19.7 Å².